The highest BCUT2D eigenvalue weighted by atomic mass is 35.5. The van der Waals surface area contributed by atoms with Gasteiger partial charge < -0.3 is 9.47 Å². The van der Waals surface area contributed by atoms with Gasteiger partial charge in [-0.1, -0.05) is 11.6 Å². The van der Waals surface area contributed by atoms with Crippen molar-refractivity contribution in [3.63, 3.8) is 0 Å². The van der Waals surface area contributed by atoms with E-state index in [1.54, 1.807) is 20.8 Å². The normalized spacial score (nSPS) is 22.2. The number of carbonyl (C=O) groups is 2. The van der Waals surface area contributed by atoms with Crippen molar-refractivity contribution in [1.82, 2.24) is 4.90 Å². The van der Waals surface area contributed by atoms with Gasteiger partial charge in [0.25, 0.3) is 0 Å². The summed E-state index contributed by atoms with van der Waals surface area (Å²) in [7, 11) is 0. The minimum Gasteiger partial charge on any atom is -0.448 e. The van der Waals surface area contributed by atoms with Crippen LogP contribution in [0.25, 0.3) is 0 Å². The Morgan fingerprint density at radius 2 is 2.10 bits per heavy atom. The number of likely N-dealkylation sites (tertiary alicyclic amines) is 1. The summed E-state index contributed by atoms with van der Waals surface area (Å²) < 4.78 is 10.2. The van der Waals surface area contributed by atoms with Crippen molar-refractivity contribution in [2.24, 2.45) is 0 Å². The number of amides is 1. The SMILES string of the molecule is C#CCC1(C(=O)OCCl)CCCN1C(=O)OC(C)(C)C. The first-order valence-corrected chi connectivity index (χ1v) is 6.97. The van der Waals surface area contributed by atoms with E-state index in [9.17, 15) is 9.59 Å². The summed E-state index contributed by atoms with van der Waals surface area (Å²) in [6.07, 6.45) is 5.99. The summed E-state index contributed by atoms with van der Waals surface area (Å²) in [5.41, 5.74) is -1.80. The van der Waals surface area contributed by atoms with Gasteiger partial charge in [-0.15, -0.1) is 12.3 Å². The number of nitrogens with zero attached hydrogens (tertiary/aromatic N) is 1. The molecule has 0 aliphatic carbocycles. The van der Waals surface area contributed by atoms with E-state index in [1.807, 2.05) is 0 Å². The van der Waals surface area contributed by atoms with Crippen LogP contribution < -0.4 is 0 Å². The smallest absolute Gasteiger partial charge is 0.411 e. The van der Waals surface area contributed by atoms with Crippen LogP contribution in [0.2, 0.25) is 0 Å². The molecule has 1 rings (SSSR count). The van der Waals surface area contributed by atoms with E-state index in [0.29, 0.717) is 19.4 Å². The van der Waals surface area contributed by atoms with Crippen molar-refractivity contribution in [3.8, 4) is 12.3 Å². The molecule has 1 unspecified atom stereocenters. The maximum atomic E-state index is 12.3. The van der Waals surface area contributed by atoms with E-state index in [4.69, 9.17) is 27.5 Å². The lowest BCUT2D eigenvalue weighted by molar-refractivity contribution is -0.154. The predicted octanol–water partition coefficient (Wildman–Crippen LogP) is 2.52. The third-order valence-corrected chi connectivity index (χ3v) is 3.17. The molecule has 0 N–H and O–H groups in total. The van der Waals surface area contributed by atoms with Crippen molar-refractivity contribution in [3.05, 3.63) is 0 Å². The van der Waals surface area contributed by atoms with Gasteiger partial charge in [-0.05, 0) is 33.6 Å². The first-order valence-electron chi connectivity index (χ1n) is 6.44. The fourth-order valence-corrected chi connectivity index (χ4v) is 2.38. The summed E-state index contributed by atoms with van der Waals surface area (Å²) in [5, 5.41) is 0. The summed E-state index contributed by atoms with van der Waals surface area (Å²) in [5.74, 6) is 1.87. The molecule has 1 aliphatic rings. The van der Waals surface area contributed by atoms with Gasteiger partial charge in [-0.3, -0.25) is 4.90 Å². The number of carbonyl (C=O) groups excluding carboxylic acids is 2. The average molecular weight is 302 g/mol. The van der Waals surface area contributed by atoms with Gasteiger partial charge in [-0.2, -0.15) is 0 Å². The third kappa shape index (κ3) is 3.57. The number of halogens is 1. The van der Waals surface area contributed by atoms with Crippen molar-refractivity contribution >= 4 is 23.7 Å². The summed E-state index contributed by atoms with van der Waals surface area (Å²) in [6.45, 7) is 5.71. The average Bonchev–Trinajstić information content (AvgIpc) is 2.72. The minimum absolute atomic E-state index is 0.0853. The Kier molecular flexibility index (Phi) is 5.29. The zero-order chi connectivity index (χ0) is 15.4. The molecule has 112 valence electrons. The topological polar surface area (TPSA) is 55.8 Å². The molecule has 0 saturated carbocycles. The van der Waals surface area contributed by atoms with Crippen molar-refractivity contribution in [1.29, 1.82) is 0 Å². The lowest BCUT2D eigenvalue weighted by atomic mass is 9.92. The Labute approximate surface area is 124 Å². The number of terminal acetylenes is 1. The van der Waals surface area contributed by atoms with Crippen LogP contribution in [0.4, 0.5) is 4.79 Å². The van der Waals surface area contributed by atoms with Crippen LogP contribution in [0, 0.1) is 12.3 Å². The second-order valence-electron chi connectivity index (χ2n) is 5.69. The Hall–Kier alpha value is -1.41. The fraction of sp³-hybridized carbons (Fsp3) is 0.714. The first-order chi connectivity index (χ1) is 9.27. The number of esters is 1. The minimum atomic E-state index is -1.16. The lowest BCUT2D eigenvalue weighted by Gasteiger charge is -2.35. The summed E-state index contributed by atoms with van der Waals surface area (Å²) in [6, 6.07) is -0.271. The summed E-state index contributed by atoms with van der Waals surface area (Å²) >= 11 is 5.44. The number of hydrogen-bond donors (Lipinski definition) is 0. The zero-order valence-corrected chi connectivity index (χ0v) is 12.8. The van der Waals surface area contributed by atoms with Crippen LogP contribution in [0.3, 0.4) is 0 Å². The number of rotatable bonds is 3. The highest BCUT2D eigenvalue weighted by Crippen LogP contribution is 2.35. The Bertz CT molecular complexity index is 424. The van der Waals surface area contributed by atoms with Gasteiger partial charge in [0.15, 0.2) is 11.6 Å². The van der Waals surface area contributed by atoms with Gasteiger partial charge in [0.2, 0.25) is 0 Å². The molecule has 6 heteroatoms. The van der Waals surface area contributed by atoms with E-state index in [2.05, 4.69) is 5.92 Å². The molecule has 1 fully saturated rings. The second-order valence-corrected chi connectivity index (χ2v) is 5.91. The number of alkyl halides is 1. The Morgan fingerprint density at radius 3 is 2.60 bits per heavy atom. The highest BCUT2D eigenvalue weighted by molar-refractivity contribution is 6.17. The largest absolute Gasteiger partial charge is 0.448 e. The molecule has 1 aliphatic heterocycles. The molecular weight excluding hydrogens is 282 g/mol. The van der Waals surface area contributed by atoms with Crippen molar-refractivity contribution in [2.75, 3.05) is 12.6 Å². The zero-order valence-electron chi connectivity index (χ0n) is 12.1. The van der Waals surface area contributed by atoms with E-state index in [0.717, 1.165) is 0 Å². The summed E-state index contributed by atoms with van der Waals surface area (Å²) in [4.78, 5) is 25.8. The van der Waals surface area contributed by atoms with Crippen LogP contribution in [0.5, 0.6) is 0 Å². The molecule has 1 heterocycles. The van der Waals surface area contributed by atoms with E-state index in [1.165, 1.54) is 4.90 Å². The highest BCUT2D eigenvalue weighted by Gasteiger charge is 2.51. The monoisotopic (exact) mass is 301 g/mol. The second kappa shape index (κ2) is 6.36. The van der Waals surface area contributed by atoms with E-state index < -0.39 is 23.2 Å². The van der Waals surface area contributed by atoms with Crippen LogP contribution in [0.1, 0.15) is 40.0 Å². The molecule has 0 spiro atoms. The molecule has 0 aromatic heterocycles. The van der Waals surface area contributed by atoms with Crippen LogP contribution in [-0.2, 0) is 14.3 Å². The first kappa shape index (κ1) is 16.6. The molecule has 20 heavy (non-hydrogen) atoms. The van der Waals surface area contributed by atoms with Gasteiger partial charge >= 0.3 is 12.1 Å². The Balaban J connectivity index is 3.01. The number of ether oxygens (including phenoxy) is 2. The predicted molar refractivity (Wildman–Crippen MR) is 75.2 cm³/mol. The number of hydrogen-bond acceptors (Lipinski definition) is 4. The van der Waals surface area contributed by atoms with E-state index in [-0.39, 0.29) is 12.5 Å². The molecule has 1 amide bonds. The van der Waals surface area contributed by atoms with Crippen molar-refractivity contribution in [2.45, 2.75) is 51.2 Å². The standard InChI is InChI=1S/C14H20ClNO4/c1-5-7-14(11(17)19-10-15)8-6-9-16(14)12(18)20-13(2,3)4/h1H,6-10H2,2-4H3. The molecule has 5 nitrogen and oxygen atoms in total. The third-order valence-electron chi connectivity index (χ3n) is 3.06. The van der Waals surface area contributed by atoms with Crippen molar-refractivity contribution < 1.29 is 19.1 Å². The molecule has 1 atom stereocenters. The molecule has 0 aromatic carbocycles. The fourth-order valence-electron chi connectivity index (χ4n) is 2.28. The van der Waals surface area contributed by atoms with Crippen LogP contribution >= 0.6 is 11.6 Å². The van der Waals surface area contributed by atoms with Gasteiger partial charge in [0, 0.05) is 13.0 Å². The Morgan fingerprint density at radius 1 is 1.45 bits per heavy atom. The molecule has 0 aromatic rings. The van der Waals surface area contributed by atoms with E-state index >= 15 is 0 Å². The molecule has 0 radical (unpaired) electrons. The maximum absolute atomic E-state index is 12.3. The van der Waals surface area contributed by atoms with Crippen LogP contribution in [-0.4, -0.2) is 40.7 Å². The van der Waals surface area contributed by atoms with Gasteiger partial charge in [0.1, 0.15) is 5.60 Å². The van der Waals surface area contributed by atoms with Crippen LogP contribution in [0.15, 0.2) is 0 Å². The lowest BCUT2D eigenvalue weighted by Crippen LogP contribution is -2.54. The molecule has 1 saturated heterocycles. The van der Waals surface area contributed by atoms with Gasteiger partial charge in [-0.25, -0.2) is 9.59 Å². The maximum Gasteiger partial charge on any atom is 0.411 e. The quantitative estimate of drug-likeness (QED) is 0.456. The molecule has 0 bridgehead atoms. The van der Waals surface area contributed by atoms with Gasteiger partial charge in [0.05, 0.1) is 0 Å². The molecular formula is C14H20ClNO4.